The van der Waals surface area contributed by atoms with E-state index in [0.717, 1.165) is 19.5 Å². The van der Waals surface area contributed by atoms with Crippen LogP contribution in [0.1, 0.15) is 53.9 Å². The molecule has 1 atom stereocenters. The molecule has 0 aliphatic carbocycles. The van der Waals surface area contributed by atoms with Crippen molar-refractivity contribution in [1.29, 1.82) is 0 Å². The summed E-state index contributed by atoms with van der Waals surface area (Å²) < 4.78 is 0. The highest BCUT2D eigenvalue weighted by molar-refractivity contribution is 5.78. The van der Waals surface area contributed by atoms with Gasteiger partial charge in [-0.25, -0.2) is 0 Å². The van der Waals surface area contributed by atoms with Crippen molar-refractivity contribution in [3.05, 3.63) is 0 Å². The Bertz CT molecular complexity index is 251. The van der Waals surface area contributed by atoms with Crippen LogP contribution in [0, 0.1) is 11.8 Å². The molecule has 0 aromatic heterocycles. The lowest BCUT2D eigenvalue weighted by atomic mass is 9.97. The molecule has 1 amide bonds. The summed E-state index contributed by atoms with van der Waals surface area (Å²) in [5.74, 6) is 0.848. The van der Waals surface area contributed by atoms with E-state index in [0.29, 0.717) is 12.0 Å². The zero-order chi connectivity index (χ0) is 15.0. The normalized spacial score (nSPS) is 13.4. The van der Waals surface area contributed by atoms with E-state index in [1.807, 2.05) is 18.9 Å². The van der Waals surface area contributed by atoms with Gasteiger partial charge in [-0.15, -0.1) is 0 Å². The van der Waals surface area contributed by atoms with Gasteiger partial charge in [-0.3, -0.25) is 4.79 Å². The molecule has 0 fully saturated rings. The van der Waals surface area contributed by atoms with Gasteiger partial charge in [-0.2, -0.15) is 0 Å². The minimum Gasteiger partial charge on any atom is -0.346 e. The third-order valence-electron chi connectivity index (χ3n) is 4.15. The van der Waals surface area contributed by atoms with Crippen molar-refractivity contribution in [2.75, 3.05) is 27.2 Å². The topological polar surface area (TPSA) is 23.6 Å². The van der Waals surface area contributed by atoms with Crippen molar-refractivity contribution < 1.29 is 4.79 Å². The number of unbranched alkanes of at least 4 members (excludes halogenated alkanes) is 2. The lowest BCUT2D eigenvalue weighted by molar-refractivity contribution is -0.135. The Balaban J connectivity index is 3.75. The lowest BCUT2D eigenvalue weighted by Crippen LogP contribution is -2.34. The number of carbonyl (C=O) groups is 1. The predicted molar refractivity (Wildman–Crippen MR) is 83.3 cm³/mol. The summed E-state index contributed by atoms with van der Waals surface area (Å²) >= 11 is 0. The maximum atomic E-state index is 12.1. The zero-order valence-corrected chi connectivity index (χ0v) is 14.1. The van der Waals surface area contributed by atoms with Crippen LogP contribution in [0.2, 0.25) is 0 Å². The summed E-state index contributed by atoms with van der Waals surface area (Å²) in [5.41, 5.74) is 0. The first-order valence-electron chi connectivity index (χ1n) is 7.72. The van der Waals surface area contributed by atoms with Gasteiger partial charge in [0.2, 0.25) is 5.91 Å². The van der Waals surface area contributed by atoms with E-state index in [-0.39, 0.29) is 11.8 Å². The predicted octanol–water partition coefficient (Wildman–Crippen LogP) is 3.25. The average molecular weight is 270 g/mol. The smallest absolute Gasteiger partial charge is 0.225 e. The van der Waals surface area contributed by atoms with Gasteiger partial charge < -0.3 is 9.80 Å². The maximum absolute atomic E-state index is 12.1. The summed E-state index contributed by atoms with van der Waals surface area (Å²) in [7, 11) is 4.10. The molecule has 1 unspecified atom stereocenters. The molecule has 19 heavy (non-hydrogen) atoms. The van der Waals surface area contributed by atoms with E-state index in [1.54, 1.807) is 0 Å². The van der Waals surface area contributed by atoms with Gasteiger partial charge in [0.25, 0.3) is 0 Å². The summed E-state index contributed by atoms with van der Waals surface area (Å²) in [5, 5.41) is 0. The SMILES string of the molecule is CC(C)C(C)C(=O)N(C)CCCCCN(C)C(C)C. The molecule has 0 spiro atoms. The molecule has 3 heteroatoms. The highest BCUT2D eigenvalue weighted by Gasteiger charge is 2.19. The molecule has 0 rings (SSSR count). The molecule has 0 saturated heterocycles. The molecule has 3 nitrogen and oxygen atoms in total. The highest BCUT2D eigenvalue weighted by Crippen LogP contribution is 2.13. The fourth-order valence-electron chi connectivity index (χ4n) is 1.89. The van der Waals surface area contributed by atoms with Gasteiger partial charge in [-0.05, 0) is 46.2 Å². The Morgan fingerprint density at radius 3 is 1.89 bits per heavy atom. The number of amides is 1. The van der Waals surface area contributed by atoms with E-state index in [9.17, 15) is 4.79 Å². The van der Waals surface area contributed by atoms with Crippen LogP contribution in [-0.2, 0) is 4.79 Å². The van der Waals surface area contributed by atoms with Crippen molar-refractivity contribution in [1.82, 2.24) is 9.80 Å². The number of rotatable bonds is 9. The van der Waals surface area contributed by atoms with Crippen molar-refractivity contribution in [2.45, 2.75) is 59.9 Å². The Morgan fingerprint density at radius 2 is 1.42 bits per heavy atom. The molecule has 114 valence electrons. The van der Waals surface area contributed by atoms with Crippen LogP contribution in [0.25, 0.3) is 0 Å². The van der Waals surface area contributed by atoms with Crippen LogP contribution < -0.4 is 0 Å². The van der Waals surface area contributed by atoms with E-state index >= 15 is 0 Å². The molecular formula is C16H34N2O. The third-order valence-corrected chi connectivity index (χ3v) is 4.15. The Hall–Kier alpha value is -0.570. The molecule has 0 bridgehead atoms. The first-order valence-corrected chi connectivity index (χ1v) is 7.72. The van der Waals surface area contributed by atoms with E-state index in [2.05, 4.69) is 39.6 Å². The van der Waals surface area contributed by atoms with Crippen LogP contribution >= 0.6 is 0 Å². The van der Waals surface area contributed by atoms with E-state index in [4.69, 9.17) is 0 Å². The van der Waals surface area contributed by atoms with Crippen LogP contribution in [-0.4, -0.2) is 48.9 Å². The summed E-state index contributed by atoms with van der Waals surface area (Å²) in [6.45, 7) is 12.7. The van der Waals surface area contributed by atoms with Gasteiger partial charge in [-0.1, -0.05) is 27.2 Å². The van der Waals surface area contributed by atoms with Crippen LogP contribution in [0.4, 0.5) is 0 Å². The van der Waals surface area contributed by atoms with E-state index in [1.165, 1.54) is 12.8 Å². The number of carbonyl (C=O) groups excluding carboxylic acids is 1. The molecule has 0 radical (unpaired) electrons. The molecular weight excluding hydrogens is 236 g/mol. The van der Waals surface area contributed by atoms with Gasteiger partial charge in [0, 0.05) is 25.6 Å². The lowest BCUT2D eigenvalue weighted by Gasteiger charge is -2.24. The van der Waals surface area contributed by atoms with Gasteiger partial charge in [0.15, 0.2) is 0 Å². The second-order valence-corrected chi connectivity index (χ2v) is 6.43. The van der Waals surface area contributed by atoms with Gasteiger partial charge in [0.05, 0.1) is 0 Å². The molecule has 0 aliphatic rings. The zero-order valence-electron chi connectivity index (χ0n) is 14.1. The van der Waals surface area contributed by atoms with Gasteiger partial charge >= 0.3 is 0 Å². The quantitative estimate of drug-likeness (QED) is 0.600. The summed E-state index contributed by atoms with van der Waals surface area (Å²) in [4.78, 5) is 16.3. The molecule has 0 heterocycles. The fraction of sp³-hybridized carbons (Fsp3) is 0.938. The number of nitrogens with zero attached hydrogens (tertiary/aromatic N) is 2. The van der Waals surface area contributed by atoms with Crippen LogP contribution in [0.3, 0.4) is 0 Å². The molecule has 0 aromatic rings. The molecule has 0 saturated carbocycles. The summed E-state index contributed by atoms with van der Waals surface area (Å²) in [6, 6.07) is 0.621. The van der Waals surface area contributed by atoms with Gasteiger partial charge in [0.1, 0.15) is 0 Å². The largest absolute Gasteiger partial charge is 0.346 e. The second kappa shape index (κ2) is 9.35. The molecule has 0 aliphatic heterocycles. The molecule has 0 aromatic carbocycles. The van der Waals surface area contributed by atoms with Crippen molar-refractivity contribution >= 4 is 5.91 Å². The van der Waals surface area contributed by atoms with Crippen LogP contribution in [0.15, 0.2) is 0 Å². The standard InChI is InChI=1S/C16H34N2O/c1-13(2)15(5)16(19)18(7)12-10-8-9-11-17(6)14(3)4/h13-15H,8-12H2,1-7H3. The van der Waals surface area contributed by atoms with Crippen molar-refractivity contribution in [3.8, 4) is 0 Å². The minimum absolute atomic E-state index is 0.136. The number of hydrogen-bond donors (Lipinski definition) is 0. The highest BCUT2D eigenvalue weighted by atomic mass is 16.2. The first kappa shape index (κ1) is 18.4. The number of hydrogen-bond acceptors (Lipinski definition) is 2. The third kappa shape index (κ3) is 7.56. The minimum atomic E-state index is 0.136. The van der Waals surface area contributed by atoms with Crippen molar-refractivity contribution in [3.63, 3.8) is 0 Å². The summed E-state index contributed by atoms with van der Waals surface area (Å²) in [6.07, 6.45) is 3.53. The fourth-order valence-corrected chi connectivity index (χ4v) is 1.89. The Labute approximate surface area is 120 Å². The van der Waals surface area contributed by atoms with Crippen LogP contribution in [0.5, 0.6) is 0 Å². The average Bonchev–Trinajstić information content (AvgIpc) is 2.35. The molecule has 0 N–H and O–H groups in total. The Kier molecular flexibility index (Phi) is 9.07. The first-order chi connectivity index (χ1) is 8.77. The van der Waals surface area contributed by atoms with Crippen molar-refractivity contribution in [2.24, 2.45) is 11.8 Å². The Morgan fingerprint density at radius 1 is 0.895 bits per heavy atom. The maximum Gasteiger partial charge on any atom is 0.225 e. The second-order valence-electron chi connectivity index (χ2n) is 6.43. The van der Waals surface area contributed by atoms with E-state index < -0.39 is 0 Å². The monoisotopic (exact) mass is 270 g/mol.